The molecule has 1 heterocycles. The summed E-state index contributed by atoms with van der Waals surface area (Å²) in [5.74, 6) is -0.403. The fraction of sp³-hybridized carbons (Fsp3) is 0.636. The molecule has 0 aromatic heterocycles. The molecule has 7 nitrogen and oxygen atoms in total. The van der Waals surface area contributed by atoms with Crippen molar-refractivity contribution in [2.45, 2.75) is 83.5 Å². The van der Waals surface area contributed by atoms with Gasteiger partial charge in [-0.05, 0) is 25.8 Å². The van der Waals surface area contributed by atoms with Crippen LogP contribution in [0.2, 0.25) is 0 Å². The summed E-state index contributed by atoms with van der Waals surface area (Å²) in [5, 5.41) is 20.7. The predicted molar refractivity (Wildman–Crippen MR) is 108 cm³/mol. The van der Waals surface area contributed by atoms with Crippen molar-refractivity contribution in [1.82, 2.24) is 4.90 Å². The number of ketones is 1. The Bertz CT molecular complexity index is 663. The molecular weight excluding hydrogens is 374 g/mol. The summed E-state index contributed by atoms with van der Waals surface area (Å²) in [6.45, 7) is 5.60. The average molecular weight is 408 g/mol. The lowest BCUT2D eigenvalue weighted by Crippen LogP contribution is -2.44. The van der Waals surface area contributed by atoms with Gasteiger partial charge >= 0.3 is 6.09 Å². The maximum Gasteiger partial charge on any atom is 0.412 e. The number of unbranched alkanes of at least 4 members (excludes halogenated alkanes) is 3. The monoisotopic (exact) mass is 407 g/mol. The second-order valence-corrected chi connectivity index (χ2v) is 7.97. The van der Waals surface area contributed by atoms with E-state index >= 15 is 0 Å². The van der Waals surface area contributed by atoms with Crippen LogP contribution in [0.4, 0.5) is 4.79 Å². The Balaban J connectivity index is 1.89. The van der Waals surface area contributed by atoms with Crippen molar-refractivity contribution < 1.29 is 29.3 Å². The summed E-state index contributed by atoms with van der Waals surface area (Å²) in [5.41, 5.74) is -0.164. The summed E-state index contributed by atoms with van der Waals surface area (Å²) in [7, 11) is 0. The topological polar surface area (TPSA) is 96.3 Å². The Labute approximate surface area is 172 Å². The second-order valence-electron chi connectivity index (χ2n) is 7.97. The molecule has 0 saturated carbocycles. The van der Waals surface area contributed by atoms with Crippen LogP contribution in [0.5, 0.6) is 0 Å². The van der Waals surface area contributed by atoms with Gasteiger partial charge in [0.25, 0.3) is 0 Å². The molecule has 0 aliphatic carbocycles. The highest BCUT2D eigenvalue weighted by molar-refractivity contribution is 5.83. The number of Topliss-reactive ketones (excluding diaryl/α,β-unsaturated/α-hetero) is 1. The lowest BCUT2D eigenvalue weighted by atomic mass is 10.00. The normalized spacial score (nSPS) is 20.3. The number of aliphatic hydroxyl groups is 2. The van der Waals surface area contributed by atoms with Crippen LogP contribution in [0.3, 0.4) is 0 Å². The molecular formula is C22H33NO6. The van der Waals surface area contributed by atoms with Crippen molar-refractivity contribution in [2.75, 3.05) is 6.54 Å². The zero-order valence-electron chi connectivity index (χ0n) is 17.5. The average Bonchev–Trinajstić information content (AvgIpc) is 3.04. The van der Waals surface area contributed by atoms with Crippen LogP contribution in [0.15, 0.2) is 30.3 Å². The number of nitrogens with zero attached hydrogens (tertiary/aromatic N) is 1. The Morgan fingerprint density at radius 1 is 1.21 bits per heavy atom. The number of rotatable bonds is 10. The van der Waals surface area contributed by atoms with Crippen LogP contribution in [0.1, 0.15) is 58.4 Å². The molecule has 2 rings (SSSR count). The number of benzene rings is 1. The molecule has 29 heavy (non-hydrogen) atoms. The second kappa shape index (κ2) is 10.7. The van der Waals surface area contributed by atoms with Gasteiger partial charge in [-0.15, -0.1) is 0 Å². The summed E-state index contributed by atoms with van der Waals surface area (Å²) >= 11 is 0. The Morgan fingerprint density at radius 3 is 2.55 bits per heavy atom. The minimum atomic E-state index is -1.53. The number of carbonyl (C=O) groups excluding carboxylic acids is 2. The summed E-state index contributed by atoms with van der Waals surface area (Å²) < 4.78 is 11.1. The molecule has 0 spiro atoms. The highest BCUT2D eigenvalue weighted by Crippen LogP contribution is 2.30. The van der Waals surface area contributed by atoms with Gasteiger partial charge in [0.1, 0.15) is 30.6 Å². The highest BCUT2D eigenvalue weighted by atomic mass is 16.6. The van der Waals surface area contributed by atoms with Crippen LogP contribution in [0.25, 0.3) is 0 Å². The minimum Gasteiger partial charge on any atom is -0.444 e. The first kappa shape index (κ1) is 23.3. The lowest BCUT2D eigenvalue weighted by Gasteiger charge is -2.29. The first-order valence-corrected chi connectivity index (χ1v) is 10.3. The molecule has 1 fully saturated rings. The van der Waals surface area contributed by atoms with E-state index in [0.29, 0.717) is 6.42 Å². The Kier molecular flexibility index (Phi) is 8.61. The van der Waals surface area contributed by atoms with Gasteiger partial charge < -0.3 is 19.7 Å². The van der Waals surface area contributed by atoms with Gasteiger partial charge in [0.15, 0.2) is 5.78 Å². The van der Waals surface area contributed by atoms with Gasteiger partial charge in [-0.3, -0.25) is 9.69 Å². The molecule has 0 bridgehead atoms. The molecule has 1 aromatic carbocycles. The molecule has 1 aliphatic rings. The van der Waals surface area contributed by atoms with E-state index in [-0.39, 0.29) is 19.6 Å². The fourth-order valence-electron chi connectivity index (χ4n) is 3.41. The number of hydrogen-bond acceptors (Lipinski definition) is 6. The van der Waals surface area contributed by atoms with Crippen LogP contribution in [0, 0.1) is 0 Å². The minimum absolute atomic E-state index is 0.0297. The smallest absolute Gasteiger partial charge is 0.412 e. The largest absolute Gasteiger partial charge is 0.444 e. The van der Waals surface area contributed by atoms with Crippen LogP contribution >= 0.6 is 0 Å². The number of carbonyl (C=O) groups is 2. The van der Waals surface area contributed by atoms with E-state index in [9.17, 15) is 19.8 Å². The van der Waals surface area contributed by atoms with Gasteiger partial charge in [-0.1, -0.05) is 56.5 Å². The van der Waals surface area contributed by atoms with Crippen molar-refractivity contribution >= 4 is 11.9 Å². The maximum atomic E-state index is 12.5. The quantitative estimate of drug-likeness (QED) is 0.579. The lowest BCUT2D eigenvalue weighted by molar-refractivity contribution is -0.147. The molecule has 1 aromatic rings. The van der Waals surface area contributed by atoms with Crippen molar-refractivity contribution in [1.29, 1.82) is 0 Å². The molecule has 7 heteroatoms. The third-order valence-corrected chi connectivity index (χ3v) is 5.19. The van der Waals surface area contributed by atoms with Gasteiger partial charge in [0, 0.05) is 6.42 Å². The molecule has 0 unspecified atom stereocenters. The SMILES string of the molecule is CCCCCCC(=O)[C@@H](O)[C@H](O)[C@@H]1CN(C(=O)OCc2ccccc2)C(C)(C)O1. The first-order valence-electron chi connectivity index (χ1n) is 10.3. The van der Waals surface area contributed by atoms with Crippen molar-refractivity contribution in [3.63, 3.8) is 0 Å². The zero-order chi connectivity index (χ0) is 21.4. The Morgan fingerprint density at radius 2 is 1.90 bits per heavy atom. The number of hydrogen-bond donors (Lipinski definition) is 2. The standard InChI is InChI=1S/C22H33NO6/c1-4-5-6-10-13-17(24)19(25)20(26)18-14-23(22(2,3)29-18)21(27)28-15-16-11-8-7-9-12-16/h7-9,11-12,18-20,25-26H,4-6,10,13-15H2,1-3H3/t18-,19+,20+/m0/s1. The molecule has 3 atom stereocenters. The number of amides is 1. The van der Waals surface area contributed by atoms with Crippen LogP contribution in [-0.2, 0) is 20.9 Å². The van der Waals surface area contributed by atoms with E-state index in [1.807, 2.05) is 30.3 Å². The highest BCUT2D eigenvalue weighted by Gasteiger charge is 2.47. The zero-order valence-corrected chi connectivity index (χ0v) is 17.5. The molecule has 162 valence electrons. The van der Waals surface area contributed by atoms with Gasteiger partial charge in [0.05, 0.1) is 6.54 Å². The molecule has 1 aliphatic heterocycles. The number of ether oxygens (including phenoxy) is 2. The van der Waals surface area contributed by atoms with E-state index in [2.05, 4.69) is 6.92 Å². The van der Waals surface area contributed by atoms with Gasteiger partial charge in [-0.25, -0.2) is 4.79 Å². The van der Waals surface area contributed by atoms with E-state index in [1.54, 1.807) is 13.8 Å². The van der Waals surface area contributed by atoms with Gasteiger partial charge in [-0.2, -0.15) is 0 Å². The predicted octanol–water partition coefficient (Wildman–Crippen LogP) is 3.02. The van der Waals surface area contributed by atoms with E-state index in [4.69, 9.17) is 9.47 Å². The van der Waals surface area contributed by atoms with Crippen molar-refractivity contribution in [2.24, 2.45) is 0 Å². The van der Waals surface area contributed by atoms with Gasteiger partial charge in [0.2, 0.25) is 0 Å². The third-order valence-electron chi connectivity index (χ3n) is 5.19. The van der Waals surface area contributed by atoms with E-state index in [0.717, 1.165) is 24.8 Å². The van der Waals surface area contributed by atoms with E-state index in [1.165, 1.54) is 4.90 Å². The molecule has 2 N–H and O–H groups in total. The molecule has 1 amide bonds. The third kappa shape index (κ3) is 6.52. The Hall–Kier alpha value is -1.96. The van der Waals surface area contributed by atoms with Crippen molar-refractivity contribution in [3.8, 4) is 0 Å². The molecule has 0 radical (unpaired) electrons. The van der Waals surface area contributed by atoms with E-state index < -0.39 is 35.9 Å². The number of aliphatic hydroxyl groups excluding tert-OH is 2. The summed E-state index contributed by atoms with van der Waals surface area (Å²) in [6, 6.07) is 9.31. The fourth-order valence-corrected chi connectivity index (χ4v) is 3.41. The summed E-state index contributed by atoms with van der Waals surface area (Å²) in [4.78, 5) is 26.1. The molecule has 1 saturated heterocycles. The summed E-state index contributed by atoms with van der Waals surface area (Å²) in [6.07, 6.45) is -0.468. The maximum absolute atomic E-state index is 12.5. The first-order chi connectivity index (χ1) is 13.8. The van der Waals surface area contributed by atoms with Crippen molar-refractivity contribution in [3.05, 3.63) is 35.9 Å². The van der Waals surface area contributed by atoms with Crippen LogP contribution in [-0.4, -0.2) is 57.6 Å². The van der Waals surface area contributed by atoms with Crippen LogP contribution < -0.4 is 0 Å².